The number of H-pyrrole nitrogens is 1. The Morgan fingerprint density at radius 3 is 2.38 bits per heavy atom. The van der Waals surface area contributed by atoms with Gasteiger partial charge >= 0.3 is 0 Å². The molecule has 1 aliphatic rings. The second-order valence-corrected chi connectivity index (χ2v) is 8.48. The fourth-order valence-electron chi connectivity index (χ4n) is 4.24. The van der Waals surface area contributed by atoms with Crippen LogP contribution in [0.2, 0.25) is 0 Å². The first-order valence-electron chi connectivity index (χ1n) is 10.9. The monoisotopic (exact) mass is 426 g/mol. The van der Waals surface area contributed by atoms with Crippen LogP contribution in [-0.2, 0) is 6.54 Å². The number of hydrogen-bond donors (Lipinski definition) is 1. The van der Waals surface area contributed by atoms with E-state index in [1.165, 1.54) is 5.56 Å². The Morgan fingerprint density at radius 2 is 1.69 bits per heavy atom. The number of pyridine rings is 1. The summed E-state index contributed by atoms with van der Waals surface area (Å²) < 4.78 is 0. The van der Waals surface area contributed by atoms with Crippen molar-refractivity contribution >= 4 is 17.3 Å². The highest BCUT2D eigenvalue weighted by molar-refractivity contribution is 5.96. The summed E-state index contributed by atoms with van der Waals surface area (Å²) in [4.78, 5) is 32.5. The molecule has 0 saturated carbocycles. The van der Waals surface area contributed by atoms with Crippen LogP contribution in [0.4, 0.5) is 0 Å². The van der Waals surface area contributed by atoms with Gasteiger partial charge in [-0.15, -0.1) is 0 Å². The molecule has 4 heterocycles. The average molecular weight is 427 g/mol. The third-order valence-corrected chi connectivity index (χ3v) is 6.16. The molecular weight excluding hydrogens is 400 g/mol. The van der Waals surface area contributed by atoms with Crippen molar-refractivity contribution in [3.05, 3.63) is 65.7 Å². The molecule has 0 radical (unpaired) electrons. The first kappa shape index (κ1) is 20.5. The number of hydrogen-bond acceptors (Lipinski definition) is 6. The van der Waals surface area contributed by atoms with E-state index in [1.807, 2.05) is 13.1 Å². The van der Waals surface area contributed by atoms with Crippen LogP contribution in [0, 0.1) is 6.92 Å². The summed E-state index contributed by atoms with van der Waals surface area (Å²) in [6.45, 7) is 7.46. The molecule has 7 heteroatoms. The number of aryl methyl sites for hydroxylation is 1. The van der Waals surface area contributed by atoms with Gasteiger partial charge < -0.3 is 9.88 Å². The maximum Gasteiger partial charge on any atom is 0.161 e. The quantitative estimate of drug-likeness (QED) is 0.492. The molecule has 0 atom stereocenters. The largest absolute Gasteiger partial charge is 0.343 e. The lowest BCUT2D eigenvalue weighted by Gasteiger charge is -2.32. The lowest BCUT2D eigenvalue weighted by Crippen LogP contribution is -2.43. The number of carbonyl (C=O) groups is 1. The van der Waals surface area contributed by atoms with Crippen molar-refractivity contribution in [3.8, 4) is 22.5 Å². The smallest absolute Gasteiger partial charge is 0.161 e. The molecule has 1 saturated heterocycles. The van der Waals surface area contributed by atoms with Crippen LogP contribution >= 0.6 is 0 Å². The third kappa shape index (κ3) is 4.04. The molecule has 0 spiro atoms. The maximum absolute atomic E-state index is 10.9. The summed E-state index contributed by atoms with van der Waals surface area (Å²) >= 11 is 0. The number of piperazine rings is 1. The summed E-state index contributed by atoms with van der Waals surface area (Å²) in [7, 11) is 2.18. The molecule has 4 aromatic rings. The minimum atomic E-state index is 0.460. The Bertz CT molecular complexity index is 1240. The number of fused-ring (bicyclic) bond motifs is 1. The number of aromatic nitrogens is 4. The molecule has 0 amide bonds. The van der Waals surface area contributed by atoms with Gasteiger partial charge in [-0.25, -0.2) is 15.0 Å². The minimum absolute atomic E-state index is 0.460. The second-order valence-electron chi connectivity index (χ2n) is 8.48. The molecule has 32 heavy (non-hydrogen) atoms. The zero-order chi connectivity index (χ0) is 22.1. The predicted octanol–water partition coefficient (Wildman–Crippen LogP) is 3.56. The average Bonchev–Trinajstić information content (AvgIpc) is 3.16. The molecule has 5 rings (SSSR count). The van der Waals surface area contributed by atoms with Crippen LogP contribution in [0.15, 0.2) is 48.9 Å². The normalized spacial score (nSPS) is 15.3. The van der Waals surface area contributed by atoms with Crippen molar-refractivity contribution in [1.82, 2.24) is 29.7 Å². The van der Waals surface area contributed by atoms with E-state index in [-0.39, 0.29) is 0 Å². The van der Waals surface area contributed by atoms with Crippen LogP contribution in [0.25, 0.3) is 33.5 Å². The van der Waals surface area contributed by atoms with Crippen LogP contribution in [0.3, 0.4) is 0 Å². The first-order chi connectivity index (χ1) is 15.6. The molecule has 7 nitrogen and oxygen atoms in total. The standard InChI is InChI=1S/C25H26N6O/c1-17-23(25-26-12-19(16-32)13-27-25)22-11-21(14-28-24(22)29-17)20-5-3-18(4-6-20)15-31-9-7-30(2)8-10-31/h3-6,11-14,16H,7-10,15H2,1-2H3,(H,28,29). The molecule has 162 valence electrons. The Balaban J connectivity index is 1.42. The van der Waals surface area contributed by atoms with Gasteiger partial charge in [0.15, 0.2) is 12.1 Å². The van der Waals surface area contributed by atoms with Crippen LogP contribution < -0.4 is 0 Å². The van der Waals surface area contributed by atoms with E-state index in [4.69, 9.17) is 0 Å². The van der Waals surface area contributed by atoms with E-state index in [0.29, 0.717) is 11.4 Å². The molecule has 1 N–H and O–H groups in total. The fourth-order valence-corrected chi connectivity index (χ4v) is 4.24. The molecule has 1 aliphatic heterocycles. The zero-order valence-electron chi connectivity index (χ0n) is 18.4. The van der Waals surface area contributed by atoms with Gasteiger partial charge in [0.25, 0.3) is 0 Å². The summed E-state index contributed by atoms with van der Waals surface area (Å²) in [5.74, 6) is 0.584. The zero-order valence-corrected chi connectivity index (χ0v) is 18.4. The van der Waals surface area contributed by atoms with Crippen molar-refractivity contribution in [2.75, 3.05) is 33.2 Å². The highest BCUT2D eigenvalue weighted by atomic mass is 16.1. The number of nitrogens with one attached hydrogen (secondary N) is 1. The Morgan fingerprint density at radius 1 is 0.969 bits per heavy atom. The molecule has 0 aliphatic carbocycles. The summed E-state index contributed by atoms with van der Waals surface area (Å²) in [5, 5.41) is 0.973. The molecular formula is C25H26N6O. The minimum Gasteiger partial charge on any atom is -0.343 e. The van der Waals surface area contributed by atoms with Gasteiger partial charge in [-0.1, -0.05) is 24.3 Å². The number of benzene rings is 1. The van der Waals surface area contributed by atoms with E-state index >= 15 is 0 Å². The number of aromatic amines is 1. The number of aldehydes is 1. The number of rotatable bonds is 5. The van der Waals surface area contributed by atoms with E-state index in [9.17, 15) is 4.79 Å². The fraction of sp³-hybridized carbons (Fsp3) is 0.280. The van der Waals surface area contributed by atoms with Crippen molar-refractivity contribution in [3.63, 3.8) is 0 Å². The number of nitrogens with zero attached hydrogens (tertiary/aromatic N) is 5. The van der Waals surface area contributed by atoms with E-state index in [0.717, 1.165) is 72.4 Å². The summed E-state index contributed by atoms with van der Waals surface area (Å²) in [6.07, 6.45) is 5.74. The first-order valence-corrected chi connectivity index (χ1v) is 10.9. The summed E-state index contributed by atoms with van der Waals surface area (Å²) in [6, 6.07) is 10.9. The lowest BCUT2D eigenvalue weighted by atomic mass is 10.0. The van der Waals surface area contributed by atoms with Gasteiger partial charge in [0.2, 0.25) is 0 Å². The van der Waals surface area contributed by atoms with Crippen molar-refractivity contribution in [2.45, 2.75) is 13.5 Å². The molecule has 3 aromatic heterocycles. The number of likely N-dealkylation sites (N-methyl/N-ethyl adjacent to an activating group) is 1. The van der Waals surface area contributed by atoms with E-state index in [1.54, 1.807) is 12.4 Å². The van der Waals surface area contributed by atoms with Crippen LogP contribution in [0.5, 0.6) is 0 Å². The van der Waals surface area contributed by atoms with Crippen LogP contribution in [-0.4, -0.2) is 69.2 Å². The SMILES string of the molecule is Cc1[nH]c2ncc(-c3ccc(CN4CCN(C)CC4)cc3)cc2c1-c1ncc(C=O)cn1. The lowest BCUT2D eigenvalue weighted by molar-refractivity contribution is 0.112. The van der Waals surface area contributed by atoms with E-state index < -0.39 is 0 Å². The highest BCUT2D eigenvalue weighted by Crippen LogP contribution is 2.32. The molecule has 0 unspecified atom stereocenters. The molecule has 0 bridgehead atoms. The van der Waals surface area contributed by atoms with Gasteiger partial charge in [0, 0.05) is 73.5 Å². The number of carbonyl (C=O) groups excluding carboxylic acids is 1. The Hall–Kier alpha value is -3.42. The van der Waals surface area contributed by atoms with Gasteiger partial charge in [0.1, 0.15) is 5.65 Å². The Kier molecular flexibility index (Phi) is 5.51. The molecule has 1 fully saturated rings. The van der Waals surface area contributed by atoms with Gasteiger partial charge in [-0.2, -0.15) is 0 Å². The van der Waals surface area contributed by atoms with Crippen molar-refractivity contribution in [2.24, 2.45) is 0 Å². The second kappa shape index (κ2) is 8.61. The van der Waals surface area contributed by atoms with Crippen LogP contribution in [0.1, 0.15) is 21.6 Å². The van der Waals surface area contributed by atoms with Crippen molar-refractivity contribution < 1.29 is 4.79 Å². The van der Waals surface area contributed by atoms with Gasteiger partial charge in [-0.05, 0) is 31.2 Å². The molecule has 1 aromatic carbocycles. The highest BCUT2D eigenvalue weighted by Gasteiger charge is 2.16. The third-order valence-electron chi connectivity index (χ3n) is 6.16. The summed E-state index contributed by atoms with van der Waals surface area (Å²) in [5.41, 5.74) is 6.63. The maximum atomic E-state index is 10.9. The Labute approximate surface area is 187 Å². The van der Waals surface area contributed by atoms with Gasteiger partial charge in [-0.3, -0.25) is 9.69 Å². The predicted molar refractivity (Wildman–Crippen MR) is 125 cm³/mol. The van der Waals surface area contributed by atoms with E-state index in [2.05, 4.69) is 67.1 Å². The van der Waals surface area contributed by atoms with Gasteiger partial charge in [0.05, 0.1) is 5.56 Å². The van der Waals surface area contributed by atoms with Crippen molar-refractivity contribution in [1.29, 1.82) is 0 Å². The topological polar surface area (TPSA) is 78.0 Å².